The van der Waals surface area contributed by atoms with Gasteiger partial charge in [-0.3, -0.25) is 24.7 Å². The molecule has 9 nitrogen and oxygen atoms in total. The lowest BCUT2D eigenvalue weighted by molar-refractivity contribution is -0.380. The average Bonchev–Trinajstić information content (AvgIpc) is 3.29. The molecule has 0 atom stereocenters. The summed E-state index contributed by atoms with van der Waals surface area (Å²) in [4.78, 5) is 42.6. The van der Waals surface area contributed by atoms with E-state index >= 15 is 0 Å². The van der Waals surface area contributed by atoms with Crippen molar-refractivity contribution in [1.29, 1.82) is 0 Å². The minimum atomic E-state index is -0.487. The van der Waals surface area contributed by atoms with E-state index in [1.165, 1.54) is 12.1 Å². The number of rotatable bonds is 9. The molecule has 0 aromatic carbocycles. The highest BCUT2D eigenvalue weighted by atomic mass is 32.1. The van der Waals surface area contributed by atoms with Crippen LogP contribution in [0.5, 0.6) is 0 Å². The van der Waals surface area contributed by atoms with Crippen LogP contribution in [0.4, 0.5) is 5.00 Å². The first-order chi connectivity index (χ1) is 15.4. The van der Waals surface area contributed by atoms with E-state index in [-0.39, 0.29) is 22.7 Å². The van der Waals surface area contributed by atoms with Crippen LogP contribution in [0.1, 0.15) is 63.5 Å². The number of pyridine rings is 1. The van der Waals surface area contributed by atoms with Crippen molar-refractivity contribution in [2.24, 2.45) is 0 Å². The first-order valence-corrected chi connectivity index (χ1v) is 11.6. The van der Waals surface area contributed by atoms with Gasteiger partial charge in [0.25, 0.3) is 11.8 Å². The van der Waals surface area contributed by atoms with E-state index in [9.17, 15) is 19.7 Å². The van der Waals surface area contributed by atoms with Gasteiger partial charge in [-0.25, -0.2) is 0 Å². The van der Waals surface area contributed by atoms with Gasteiger partial charge in [-0.05, 0) is 44.4 Å². The van der Waals surface area contributed by atoms with Crippen molar-refractivity contribution < 1.29 is 19.2 Å². The number of piperidine rings is 1. The molecule has 1 fully saturated rings. The lowest BCUT2D eigenvalue weighted by Crippen LogP contribution is -2.38. The van der Waals surface area contributed by atoms with Gasteiger partial charge in [0.05, 0.1) is 27.7 Å². The number of nitrogens with zero attached hydrogens (tertiary/aromatic N) is 3. The second-order valence-corrected chi connectivity index (χ2v) is 8.78. The van der Waals surface area contributed by atoms with E-state index in [0.717, 1.165) is 29.1 Å². The van der Waals surface area contributed by atoms with E-state index in [1.807, 2.05) is 26.0 Å². The predicted octanol–water partition coefficient (Wildman–Crippen LogP) is 3.54. The third kappa shape index (κ3) is 5.89. The number of thiophene rings is 1. The number of aryl methyl sites for hydroxylation is 1. The van der Waals surface area contributed by atoms with Crippen LogP contribution in [0.2, 0.25) is 0 Å². The molecule has 0 bridgehead atoms. The highest BCUT2D eigenvalue weighted by Crippen LogP contribution is 2.31. The number of carbonyl (C=O) groups excluding carboxylic acids is 2. The largest absolute Gasteiger partial charge is 0.380 e. The Labute approximate surface area is 190 Å². The zero-order chi connectivity index (χ0) is 23.1. The van der Waals surface area contributed by atoms with Gasteiger partial charge in [-0.15, -0.1) is 0 Å². The Morgan fingerprint density at radius 1 is 1.25 bits per heavy atom. The molecule has 32 heavy (non-hydrogen) atoms. The summed E-state index contributed by atoms with van der Waals surface area (Å²) in [6.07, 6.45) is 2.29. The molecule has 0 radical (unpaired) electrons. The molecular weight excluding hydrogens is 432 g/mol. The zero-order valence-corrected chi connectivity index (χ0v) is 19.2. The number of carbonyl (C=O) groups is 2. The highest BCUT2D eigenvalue weighted by Gasteiger charge is 2.29. The van der Waals surface area contributed by atoms with Gasteiger partial charge in [-0.1, -0.05) is 18.3 Å². The van der Waals surface area contributed by atoms with Gasteiger partial charge in [0.1, 0.15) is 0 Å². The summed E-state index contributed by atoms with van der Waals surface area (Å²) in [5.74, 6) is -0.297. The molecule has 3 rings (SSSR count). The van der Waals surface area contributed by atoms with Crippen molar-refractivity contribution >= 4 is 28.2 Å². The number of ether oxygens (including phenoxy) is 1. The van der Waals surface area contributed by atoms with Gasteiger partial charge < -0.3 is 15.0 Å². The third-order valence-corrected chi connectivity index (χ3v) is 6.37. The fraction of sp³-hybridized carbons (Fsp3) is 0.500. The SMILES string of the molecule is CCCOCCNC(=O)c1ccc(C)nc1C1CCN(C(=O)c2ccc([N+](=O)[O-])s2)CC1. The Balaban J connectivity index is 1.63. The van der Waals surface area contributed by atoms with Crippen molar-refractivity contribution in [1.82, 2.24) is 15.2 Å². The van der Waals surface area contributed by atoms with Crippen LogP contribution in [0.15, 0.2) is 24.3 Å². The van der Waals surface area contributed by atoms with E-state index in [1.54, 1.807) is 4.90 Å². The van der Waals surface area contributed by atoms with Crippen molar-refractivity contribution in [2.75, 3.05) is 32.8 Å². The molecule has 1 aliphatic rings. The molecular formula is C22H28N4O5S. The van der Waals surface area contributed by atoms with E-state index in [2.05, 4.69) is 10.3 Å². The summed E-state index contributed by atoms with van der Waals surface area (Å²) in [7, 11) is 0. The standard InChI is InChI=1S/C22H28N4O5S/c1-3-13-31-14-10-23-21(27)17-5-4-15(2)24-20(17)16-8-11-25(12-9-16)22(28)18-6-7-19(32-18)26(29)30/h4-7,16H,3,8-14H2,1-2H3,(H,23,27). The van der Waals surface area contributed by atoms with Crippen LogP contribution in [0, 0.1) is 17.0 Å². The zero-order valence-electron chi connectivity index (χ0n) is 18.3. The Bertz CT molecular complexity index is 969. The molecule has 0 spiro atoms. The number of nitro groups is 1. The van der Waals surface area contributed by atoms with Gasteiger partial charge in [0.15, 0.2) is 0 Å². The minimum Gasteiger partial charge on any atom is -0.380 e. The van der Waals surface area contributed by atoms with Crippen LogP contribution >= 0.6 is 11.3 Å². The van der Waals surface area contributed by atoms with Crippen molar-refractivity contribution in [3.63, 3.8) is 0 Å². The Morgan fingerprint density at radius 2 is 2.00 bits per heavy atom. The van der Waals surface area contributed by atoms with Gasteiger partial charge in [-0.2, -0.15) is 0 Å². The smallest absolute Gasteiger partial charge is 0.324 e. The molecule has 0 unspecified atom stereocenters. The van der Waals surface area contributed by atoms with Crippen molar-refractivity contribution in [3.05, 3.63) is 56.2 Å². The summed E-state index contributed by atoms with van der Waals surface area (Å²) < 4.78 is 5.42. The summed E-state index contributed by atoms with van der Waals surface area (Å²) >= 11 is 0.895. The molecule has 2 aromatic heterocycles. The van der Waals surface area contributed by atoms with E-state index in [4.69, 9.17) is 4.74 Å². The quantitative estimate of drug-likeness (QED) is 0.348. The fourth-order valence-corrected chi connectivity index (χ4v) is 4.50. The van der Waals surface area contributed by atoms with Crippen molar-refractivity contribution in [2.45, 2.75) is 39.0 Å². The number of hydrogen-bond acceptors (Lipinski definition) is 7. The molecule has 1 saturated heterocycles. The molecule has 10 heteroatoms. The van der Waals surface area contributed by atoms with Crippen LogP contribution in [-0.4, -0.2) is 59.5 Å². The van der Waals surface area contributed by atoms with Gasteiger partial charge in [0, 0.05) is 43.9 Å². The maximum absolute atomic E-state index is 12.7. The number of likely N-dealkylation sites (tertiary alicyclic amines) is 1. The molecule has 0 saturated carbocycles. The summed E-state index contributed by atoms with van der Waals surface area (Å²) in [6, 6.07) is 6.50. The lowest BCUT2D eigenvalue weighted by atomic mass is 9.89. The van der Waals surface area contributed by atoms with E-state index in [0.29, 0.717) is 56.1 Å². The Hall–Kier alpha value is -2.85. The second-order valence-electron chi connectivity index (χ2n) is 7.72. The maximum Gasteiger partial charge on any atom is 0.324 e. The molecule has 2 amide bonds. The number of amides is 2. The normalized spacial score (nSPS) is 14.4. The van der Waals surface area contributed by atoms with Crippen LogP contribution in [0.3, 0.4) is 0 Å². The van der Waals surface area contributed by atoms with Gasteiger partial charge in [0.2, 0.25) is 0 Å². The van der Waals surface area contributed by atoms with Crippen molar-refractivity contribution in [3.8, 4) is 0 Å². The second kappa shape index (κ2) is 11.1. The highest BCUT2D eigenvalue weighted by molar-refractivity contribution is 7.17. The first kappa shape index (κ1) is 23.8. The predicted molar refractivity (Wildman–Crippen MR) is 121 cm³/mol. The monoisotopic (exact) mass is 460 g/mol. The Morgan fingerprint density at radius 3 is 2.66 bits per heavy atom. The third-order valence-electron chi connectivity index (χ3n) is 5.34. The molecule has 3 heterocycles. The molecule has 172 valence electrons. The van der Waals surface area contributed by atoms with Gasteiger partial charge >= 0.3 is 5.00 Å². The lowest BCUT2D eigenvalue weighted by Gasteiger charge is -2.32. The molecule has 0 aliphatic carbocycles. The number of aromatic nitrogens is 1. The average molecular weight is 461 g/mol. The first-order valence-electron chi connectivity index (χ1n) is 10.8. The topological polar surface area (TPSA) is 115 Å². The molecule has 2 aromatic rings. The van der Waals surface area contributed by atoms with Crippen LogP contribution < -0.4 is 5.32 Å². The molecule has 1 N–H and O–H groups in total. The van der Waals surface area contributed by atoms with E-state index < -0.39 is 4.92 Å². The Kier molecular flexibility index (Phi) is 8.29. The number of hydrogen-bond donors (Lipinski definition) is 1. The number of nitrogens with one attached hydrogen (secondary N) is 1. The van der Waals surface area contributed by atoms with Crippen LogP contribution in [-0.2, 0) is 4.74 Å². The maximum atomic E-state index is 12.7. The fourth-order valence-electron chi connectivity index (χ4n) is 3.71. The summed E-state index contributed by atoms with van der Waals surface area (Å²) in [5, 5.41) is 13.7. The summed E-state index contributed by atoms with van der Waals surface area (Å²) in [6.45, 7) is 6.52. The minimum absolute atomic E-state index is 0.0389. The van der Waals surface area contributed by atoms with Crippen LogP contribution in [0.25, 0.3) is 0 Å². The summed E-state index contributed by atoms with van der Waals surface area (Å²) in [5.41, 5.74) is 2.16. The molecule has 1 aliphatic heterocycles.